The van der Waals surface area contributed by atoms with Crippen LogP contribution in [-0.4, -0.2) is 7.05 Å². The highest BCUT2D eigenvalue weighted by molar-refractivity contribution is 9.10. The van der Waals surface area contributed by atoms with Gasteiger partial charge in [0.05, 0.1) is 6.04 Å². The first kappa shape index (κ1) is 16.2. The van der Waals surface area contributed by atoms with Gasteiger partial charge < -0.3 is 5.32 Å². The first-order valence-electron chi connectivity index (χ1n) is 7.22. The van der Waals surface area contributed by atoms with Crippen LogP contribution in [0.15, 0.2) is 46.9 Å². The van der Waals surface area contributed by atoms with Crippen LogP contribution >= 0.6 is 15.9 Å². The van der Waals surface area contributed by atoms with E-state index in [-0.39, 0.29) is 11.9 Å². The van der Waals surface area contributed by atoms with Crippen molar-refractivity contribution in [2.45, 2.75) is 26.3 Å². The summed E-state index contributed by atoms with van der Waals surface area (Å²) in [5, 5.41) is 3.22. The van der Waals surface area contributed by atoms with Crippen molar-refractivity contribution in [3.05, 3.63) is 69.4 Å². The number of benzene rings is 2. The van der Waals surface area contributed by atoms with Crippen LogP contribution in [0.3, 0.4) is 0 Å². The molecule has 1 nitrogen and oxygen atoms in total. The molecule has 0 aliphatic carbocycles. The molecule has 0 radical (unpaired) electrons. The first-order chi connectivity index (χ1) is 10.0. The maximum absolute atomic E-state index is 14.1. The molecule has 21 heavy (non-hydrogen) atoms. The number of halogens is 2. The Kier molecular flexibility index (Phi) is 5.54. The summed E-state index contributed by atoms with van der Waals surface area (Å²) in [5.74, 6) is 0.419. The Morgan fingerprint density at radius 3 is 2.57 bits per heavy atom. The van der Waals surface area contributed by atoms with E-state index in [0.717, 1.165) is 16.5 Å². The number of rotatable bonds is 5. The Bertz CT molecular complexity index is 610. The molecule has 0 fully saturated rings. The summed E-state index contributed by atoms with van der Waals surface area (Å²) in [6.07, 6.45) is 1.03. The molecule has 2 aromatic carbocycles. The Morgan fingerprint density at radius 2 is 1.90 bits per heavy atom. The summed E-state index contributed by atoms with van der Waals surface area (Å²) in [4.78, 5) is 0. The van der Waals surface area contributed by atoms with Crippen molar-refractivity contribution in [1.82, 2.24) is 5.32 Å². The fourth-order valence-electron chi connectivity index (χ4n) is 2.61. The zero-order chi connectivity index (χ0) is 15.4. The van der Waals surface area contributed by atoms with Crippen molar-refractivity contribution in [3.8, 4) is 0 Å². The molecule has 0 aliphatic rings. The Morgan fingerprint density at radius 1 is 1.14 bits per heavy atom. The highest BCUT2D eigenvalue weighted by Crippen LogP contribution is 2.27. The molecule has 2 aromatic rings. The normalized spacial score (nSPS) is 12.7. The van der Waals surface area contributed by atoms with Crippen molar-refractivity contribution < 1.29 is 4.39 Å². The molecular formula is C18H21BrFN. The maximum Gasteiger partial charge on any atom is 0.128 e. The second kappa shape index (κ2) is 7.19. The van der Waals surface area contributed by atoms with E-state index in [0.29, 0.717) is 11.5 Å². The smallest absolute Gasteiger partial charge is 0.128 e. The third-order valence-electron chi connectivity index (χ3n) is 3.49. The Hall–Kier alpha value is -1.19. The second-order valence-corrected chi connectivity index (χ2v) is 6.65. The summed E-state index contributed by atoms with van der Waals surface area (Å²) in [6.45, 7) is 4.41. The fourth-order valence-corrected chi connectivity index (χ4v) is 2.99. The van der Waals surface area contributed by atoms with Crippen LogP contribution in [0.5, 0.6) is 0 Å². The monoisotopic (exact) mass is 349 g/mol. The van der Waals surface area contributed by atoms with E-state index in [1.807, 2.05) is 25.2 Å². The molecule has 0 saturated carbocycles. The van der Waals surface area contributed by atoms with E-state index in [2.05, 4.69) is 47.2 Å². The number of hydrogen-bond donors (Lipinski definition) is 1. The lowest BCUT2D eigenvalue weighted by Gasteiger charge is -2.19. The summed E-state index contributed by atoms with van der Waals surface area (Å²) in [5.41, 5.74) is 3.04. The molecule has 0 aromatic heterocycles. The largest absolute Gasteiger partial charge is 0.309 e. The SMILES string of the molecule is CNC(c1cccc(CC(C)C)c1)c1cc(Br)ccc1F. The van der Waals surface area contributed by atoms with Crippen molar-refractivity contribution in [2.75, 3.05) is 7.05 Å². The topological polar surface area (TPSA) is 12.0 Å². The molecule has 1 atom stereocenters. The standard InChI is InChI=1S/C18H21BrFN/c1-12(2)9-13-5-4-6-14(10-13)18(21-3)16-11-15(19)7-8-17(16)20/h4-8,10-12,18,21H,9H2,1-3H3. The molecule has 112 valence electrons. The van der Waals surface area contributed by atoms with Gasteiger partial charge in [0.2, 0.25) is 0 Å². The van der Waals surface area contributed by atoms with Gasteiger partial charge in [0.1, 0.15) is 5.82 Å². The minimum atomic E-state index is -0.188. The molecule has 0 aliphatic heterocycles. The molecule has 0 bridgehead atoms. The quantitative estimate of drug-likeness (QED) is 0.792. The first-order valence-corrected chi connectivity index (χ1v) is 8.01. The summed E-state index contributed by atoms with van der Waals surface area (Å²) in [7, 11) is 1.86. The summed E-state index contributed by atoms with van der Waals surface area (Å²) < 4.78 is 15.0. The third-order valence-corrected chi connectivity index (χ3v) is 3.98. The second-order valence-electron chi connectivity index (χ2n) is 5.73. The lowest BCUT2D eigenvalue weighted by molar-refractivity contribution is 0.575. The van der Waals surface area contributed by atoms with E-state index < -0.39 is 0 Å². The molecule has 1 N–H and O–H groups in total. The average molecular weight is 350 g/mol. The highest BCUT2D eigenvalue weighted by Gasteiger charge is 2.17. The summed E-state index contributed by atoms with van der Waals surface area (Å²) >= 11 is 3.42. The predicted octanol–water partition coefficient (Wildman–Crippen LogP) is 5.10. The van der Waals surface area contributed by atoms with E-state index in [9.17, 15) is 4.39 Å². The minimum absolute atomic E-state index is 0.144. The van der Waals surface area contributed by atoms with Gasteiger partial charge in [-0.15, -0.1) is 0 Å². The van der Waals surface area contributed by atoms with Crippen LogP contribution in [0.4, 0.5) is 4.39 Å². The van der Waals surface area contributed by atoms with E-state index in [4.69, 9.17) is 0 Å². The zero-order valence-electron chi connectivity index (χ0n) is 12.7. The molecule has 3 heteroatoms. The van der Waals surface area contributed by atoms with Crippen LogP contribution in [0.2, 0.25) is 0 Å². The van der Waals surface area contributed by atoms with Crippen molar-refractivity contribution in [2.24, 2.45) is 5.92 Å². The zero-order valence-corrected chi connectivity index (χ0v) is 14.2. The lowest BCUT2D eigenvalue weighted by Crippen LogP contribution is -2.19. The van der Waals surface area contributed by atoms with Gasteiger partial charge in [0.25, 0.3) is 0 Å². The average Bonchev–Trinajstić information content (AvgIpc) is 2.43. The van der Waals surface area contributed by atoms with Gasteiger partial charge in [-0.2, -0.15) is 0 Å². The van der Waals surface area contributed by atoms with Crippen LogP contribution in [0, 0.1) is 11.7 Å². The fraction of sp³-hybridized carbons (Fsp3) is 0.333. The van der Waals surface area contributed by atoms with Gasteiger partial charge in [-0.3, -0.25) is 0 Å². The van der Waals surface area contributed by atoms with Gasteiger partial charge in [0.15, 0.2) is 0 Å². The molecule has 1 unspecified atom stereocenters. The number of nitrogens with one attached hydrogen (secondary N) is 1. The van der Waals surface area contributed by atoms with Gasteiger partial charge >= 0.3 is 0 Å². The minimum Gasteiger partial charge on any atom is -0.309 e. The third kappa shape index (κ3) is 4.14. The molecule has 0 saturated heterocycles. The number of hydrogen-bond acceptors (Lipinski definition) is 1. The highest BCUT2D eigenvalue weighted by atomic mass is 79.9. The maximum atomic E-state index is 14.1. The molecule has 2 rings (SSSR count). The van der Waals surface area contributed by atoms with Gasteiger partial charge in [-0.05, 0) is 48.7 Å². The van der Waals surface area contributed by atoms with Crippen LogP contribution in [-0.2, 0) is 6.42 Å². The Balaban J connectivity index is 2.39. The van der Waals surface area contributed by atoms with Gasteiger partial charge in [-0.1, -0.05) is 54.0 Å². The van der Waals surface area contributed by atoms with Crippen molar-refractivity contribution >= 4 is 15.9 Å². The van der Waals surface area contributed by atoms with Crippen LogP contribution < -0.4 is 5.32 Å². The van der Waals surface area contributed by atoms with Crippen LogP contribution in [0.25, 0.3) is 0 Å². The van der Waals surface area contributed by atoms with Crippen LogP contribution in [0.1, 0.15) is 36.6 Å². The van der Waals surface area contributed by atoms with E-state index >= 15 is 0 Å². The van der Waals surface area contributed by atoms with Gasteiger partial charge in [0, 0.05) is 10.0 Å². The molecule has 0 heterocycles. The molecule has 0 amide bonds. The van der Waals surface area contributed by atoms with Crippen molar-refractivity contribution in [3.63, 3.8) is 0 Å². The van der Waals surface area contributed by atoms with Gasteiger partial charge in [-0.25, -0.2) is 4.39 Å². The van der Waals surface area contributed by atoms with E-state index in [1.165, 1.54) is 11.6 Å². The lowest BCUT2D eigenvalue weighted by atomic mass is 9.94. The van der Waals surface area contributed by atoms with E-state index in [1.54, 1.807) is 6.07 Å². The summed E-state index contributed by atoms with van der Waals surface area (Å²) in [6, 6.07) is 13.3. The predicted molar refractivity (Wildman–Crippen MR) is 90.0 cm³/mol. The van der Waals surface area contributed by atoms with Crippen molar-refractivity contribution in [1.29, 1.82) is 0 Å². The Labute approximate surface area is 134 Å². The molecule has 0 spiro atoms. The molecular weight excluding hydrogens is 329 g/mol.